The van der Waals surface area contributed by atoms with Gasteiger partial charge in [0, 0.05) is 5.38 Å². The fraction of sp³-hybridized carbons (Fsp3) is 0.556. The van der Waals surface area contributed by atoms with Crippen LogP contribution < -0.4 is 5.32 Å². The predicted octanol–water partition coefficient (Wildman–Crippen LogP) is 1.88. The van der Waals surface area contributed by atoms with E-state index in [1.54, 1.807) is 20.8 Å². The van der Waals surface area contributed by atoms with Crippen molar-refractivity contribution in [2.45, 2.75) is 32.1 Å². The second kappa shape index (κ2) is 5.21. The zero-order chi connectivity index (χ0) is 14.0. The summed E-state index contributed by atoms with van der Waals surface area (Å²) in [4.78, 5) is 15.2. The fourth-order valence-corrected chi connectivity index (χ4v) is 2.33. The summed E-state index contributed by atoms with van der Waals surface area (Å²) in [6.45, 7) is 5.16. The van der Waals surface area contributed by atoms with Crippen LogP contribution in [-0.2, 0) is 20.6 Å². The molecule has 0 bridgehead atoms. The second-order valence-electron chi connectivity index (χ2n) is 4.50. The van der Waals surface area contributed by atoms with E-state index >= 15 is 0 Å². The zero-order valence-corrected chi connectivity index (χ0v) is 11.8. The van der Waals surface area contributed by atoms with Gasteiger partial charge in [0.1, 0.15) is 11.4 Å². The Hall–Kier alpha value is -1.19. The molecule has 1 rings (SSSR count). The average Bonchev–Trinajstić information content (AvgIpc) is 2.44. The number of ether oxygens (including phenoxy) is 1. The summed E-state index contributed by atoms with van der Waals surface area (Å²) in [6, 6.07) is 0. The lowest BCUT2D eigenvalue weighted by Crippen LogP contribution is -2.27. The molecule has 0 fully saturated rings. The third-order valence-electron chi connectivity index (χ3n) is 1.49. The molecular weight excluding hydrogens is 280 g/mol. The molecule has 0 unspecified atom stereocenters. The van der Waals surface area contributed by atoms with Gasteiger partial charge in [-0.15, -0.1) is 11.3 Å². The van der Waals surface area contributed by atoms with E-state index < -0.39 is 27.6 Å². The Morgan fingerprint density at radius 3 is 2.67 bits per heavy atom. The van der Waals surface area contributed by atoms with Crippen LogP contribution in [0.4, 0.5) is 9.93 Å². The maximum absolute atomic E-state index is 11.4. The Kier molecular flexibility index (Phi) is 4.30. The van der Waals surface area contributed by atoms with Crippen molar-refractivity contribution < 1.29 is 22.5 Å². The standard InChI is InChI=1S/C9H14N2O5S2/c1-9(2,3)16-8(12)11-7-10-6(4-17-7)5-18(13,14)15/h4H,5H2,1-3H3,(H,10,11,12)(H,13,14,15). The maximum Gasteiger partial charge on any atom is 0.413 e. The van der Waals surface area contributed by atoms with Crippen LogP contribution in [0.2, 0.25) is 0 Å². The van der Waals surface area contributed by atoms with Crippen LogP contribution in [0.1, 0.15) is 26.5 Å². The third-order valence-corrected chi connectivity index (χ3v) is 2.96. The number of aromatic nitrogens is 1. The minimum Gasteiger partial charge on any atom is -0.444 e. The molecule has 1 heterocycles. The van der Waals surface area contributed by atoms with E-state index in [1.165, 1.54) is 5.38 Å². The van der Waals surface area contributed by atoms with Gasteiger partial charge < -0.3 is 4.74 Å². The van der Waals surface area contributed by atoms with Gasteiger partial charge in [-0.05, 0) is 20.8 Å². The van der Waals surface area contributed by atoms with E-state index in [2.05, 4.69) is 10.3 Å². The monoisotopic (exact) mass is 294 g/mol. The van der Waals surface area contributed by atoms with Crippen molar-refractivity contribution in [1.29, 1.82) is 0 Å². The smallest absolute Gasteiger partial charge is 0.413 e. The van der Waals surface area contributed by atoms with E-state index in [0.29, 0.717) is 0 Å². The molecular formula is C9H14N2O5S2. The van der Waals surface area contributed by atoms with Crippen LogP contribution in [0.3, 0.4) is 0 Å². The van der Waals surface area contributed by atoms with E-state index in [-0.39, 0.29) is 10.8 Å². The summed E-state index contributed by atoms with van der Waals surface area (Å²) in [7, 11) is -4.12. The van der Waals surface area contributed by atoms with Gasteiger partial charge in [-0.1, -0.05) is 0 Å². The van der Waals surface area contributed by atoms with Gasteiger partial charge in [-0.3, -0.25) is 9.87 Å². The van der Waals surface area contributed by atoms with Gasteiger partial charge in [-0.25, -0.2) is 9.78 Å². The molecule has 1 amide bonds. The Balaban J connectivity index is 2.62. The first kappa shape index (κ1) is 14.9. The molecule has 0 atom stereocenters. The molecule has 0 spiro atoms. The first-order chi connectivity index (χ1) is 8.05. The molecule has 1 aromatic heterocycles. The fourth-order valence-electron chi connectivity index (χ4n) is 1.01. The highest BCUT2D eigenvalue weighted by molar-refractivity contribution is 7.85. The minimum absolute atomic E-state index is 0.161. The minimum atomic E-state index is -4.12. The first-order valence-corrected chi connectivity index (χ1v) is 7.44. The van der Waals surface area contributed by atoms with Crippen molar-refractivity contribution >= 4 is 32.7 Å². The van der Waals surface area contributed by atoms with Crippen molar-refractivity contribution in [3.63, 3.8) is 0 Å². The lowest BCUT2D eigenvalue weighted by atomic mass is 10.2. The van der Waals surface area contributed by atoms with Crippen LogP contribution in [-0.4, -0.2) is 29.6 Å². The molecule has 2 N–H and O–H groups in total. The van der Waals surface area contributed by atoms with E-state index in [1.807, 2.05) is 0 Å². The molecule has 102 valence electrons. The third kappa shape index (κ3) is 5.94. The van der Waals surface area contributed by atoms with Gasteiger partial charge >= 0.3 is 6.09 Å². The van der Waals surface area contributed by atoms with Gasteiger partial charge in [0.15, 0.2) is 5.13 Å². The topological polar surface area (TPSA) is 106 Å². The average molecular weight is 294 g/mol. The highest BCUT2D eigenvalue weighted by atomic mass is 32.2. The summed E-state index contributed by atoms with van der Waals surface area (Å²) in [5.74, 6) is -0.584. The van der Waals surface area contributed by atoms with Crippen molar-refractivity contribution in [3.05, 3.63) is 11.1 Å². The van der Waals surface area contributed by atoms with Gasteiger partial charge in [0.05, 0.1) is 5.69 Å². The van der Waals surface area contributed by atoms with Crippen molar-refractivity contribution in [2.24, 2.45) is 0 Å². The van der Waals surface area contributed by atoms with Crippen LogP contribution in [0.5, 0.6) is 0 Å². The molecule has 9 heteroatoms. The molecule has 1 aromatic rings. The van der Waals surface area contributed by atoms with E-state index in [0.717, 1.165) is 11.3 Å². The number of carbonyl (C=O) groups excluding carboxylic acids is 1. The number of amides is 1. The molecule has 18 heavy (non-hydrogen) atoms. The summed E-state index contributed by atoms with van der Waals surface area (Å²) >= 11 is 1.05. The highest BCUT2D eigenvalue weighted by Crippen LogP contribution is 2.18. The van der Waals surface area contributed by atoms with Crippen molar-refractivity contribution in [1.82, 2.24) is 4.98 Å². The Labute approximate surface area is 109 Å². The van der Waals surface area contributed by atoms with Gasteiger partial charge in [0.25, 0.3) is 10.1 Å². The molecule has 7 nitrogen and oxygen atoms in total. The summed E-state index contributed by atoms with van der Waals surface area (Å²) in [5, 5.41) is 4.02. The predicted molar refractivity (Wildman–Crippen MR) is 67.2 cm³/mol. The lowest BCUT2D eigenvalue weighted by molar-refractivity contribution is 0.0636. The van der Waals surface area contributed by atoms with Gasteiger partial charge in [0.2, 0.25) is 0 Å². The van der Waals surface area contributed by atoms with Crippen LogP contribution in [0, 0.1) is 0 Å². The molecule has 0 radical (unpaired) electrons. The molecule has 0 aliphatic rings. The lowest BCUT2D eigenvalue weighted by Gasteiger charge is -2.18. The quantitative estimate of drug-likeness (QED) is 0.824. The summed E-state index contributed by atoms with van der Waals surface area (Å²) in [5.41, 5.74) is -0.466. The van der Waals surface area contributed by atoms with E-state index in [4.69, 9.17) is 9.29 Å². The molecule has 0 saturated heterocycles. The number of carbonyl (C=O) groups is 1. The highest BCUT2D eigenvalue weighted by Gasteiger charge is 2.18. The Bertz CT molecular complexity index is 529. The second-order valence-corrected chi connectivity index (χ2v) is 6.81. The molecule has 0 saturated carbocycles. The molecule has 0 aliphatic heterocycles. The Morgan fingerprint density at radius 2 is 2.17 bits per heavy atom. The number of rotatable bonds is 3. The molecule has 0 aromatic carbocycles. The van der Waals surface area contributed by atoms with Crippen LogP contribution >= 0.6 is 11.3 Å². The molecule has 0 aliphatic carbocycles. The Morgan fingerprint density at radius 1 is 1.56 bits per heavy atom. The number of anilines is 1. The van der Waals surface area contributed by atoms with Crippen molar-refractivity contribution in [3.8, 4) is 0 Å². The van der Waals surface area contributed by atoms with E-state index in [9.17, 15) is 13.2 Å². The van der Waals surface area contributed by atoms with Crippen LogP contribution in [0.15, 0.2) is 5.38 Å². The largest absolute Gasteiger partial charge is 0.444 e. The number of hydrogen-bond acceptors (Lipinski definition) is 6. The van der Waals surface area contributed by atoms with Gasteiger partial charge in [-0.2, -0.15) is 8.42 Å². The number of nitrogens with zero attached hydrogens (tertiary/aromatic N) is 1. The summed E-state index contributed by atoms with van der Waals surface area (Å²) in [6.07, 6.45) is -0.671. The summed E-state index contributed by atoms with van der Waals surface area (Å²) < 4.78 is 34.9. The zero-order valence-electron chi connectivity index (χ0n) is 10.1. The van der Waals surface area contributed by atoms with Crippen LogP contribution in [0.25, 0.3) is 0 Å². The SMILES string of the molecule is CC(C)(C)OC(=O)Nc1nc(CS(=O)(=O)O)cs1. The number of hydrogen-bond donors (Lipinski definition) is 2. The number of thiazole rings is 1. The maximum atomic E-state index is 11.4. The number of nitrogens with one attached hydrogen (secondary N) is 1. The van der Waals surface area contributed by atoms with Crippen molar-refractivity contribution in [2.75, 3.05) is 5.32 Å². The first-order valence-electron chi connectivity index (χ1n) is 4.95. The normalized spacial score (nSPS) is 12.2.